The largest absolute Gasteiger partial charge is 0.377 e. The summed E-state index contributed by atoms with van der Waals surface area (Å²) in [5.74, 6) is 0.446. The highest BCUT2D eigenvalue weighted by Gasteiger charge is 2.23. The number of pyridine rings is 1. The van der Waals surface area contributed by atoms with E-state index in [1.165, 1.54) is 0 Å². The van der Waals surface area contributed by atoms with Gasteiger partial charge < -0.3 is 27.0 Å². The number of carbonyl (C=O) groups is 1. The number of hydrogen-bond acceptors (Lipinski definition) is 8. The Hall–Kier alpha value is -3.24. The molecular weight excluding hydrogens is 394 g/mol. The summed E-state index contributed by atoms with van der Waals surface area (Å²) in [4.78, 5) is 21.4. The Kier molecular flexibility index (Phi) is 5.39. The summed E-state index contributed by atoms with van der Waals surface area (Å²) >= 11 is 0. The van der Waals surface area contributed by atoms with Crippen LogP contribution in [0.15, 0.2) is 36.8 Å². The number of amides is 1. The number of anilines is 3. The number of carbonyl (C=O) groups excluding carboxylic acids is 1. The van der Waals surface area contributed by atoms with E-state index < -0.39 is 0 Å². The summed E-state index contributed by atoms with van der Waals surface area (Å²) in [7, 11) is 0. The molecule has 1 aliphatic carbocycles. The highest BCUT2D eigenvalue weighted by Crippen LogP contribution is 2.25. The van der Waals surface area contributed by atoms with E-state index in [0.717, 1.165) is 50.3 Å². The minimum atomic E-state index is -0.275. The molecule has 162 valence electrons. The zero-order valence-electron chi connectivity index (χ0n) is 17.2. The SMILES string of the molecule is NC1CCC(Nc2cc(NC3CNC3)c3ncc(C(=O)Nc4ccncc4)n3n2)CC1. The first-order chi connectivity index (χ1) is 15.2. The van der Waals surface area contributed by atoms with Crippen LogP contribution in [0.3, 0.4) is 0 Å². The average Bonchev–Trinajstić information content (AvgIpc) is 3.17. The molecule has 1 amide bonds. The van der Waals surface area contributed by atoms with E-state index in [1.807, 2.05) is 6.07 Å². The van der Waals surface area contributed by atoms with Crippen molar-refractivity contribution >= 4 is 28.7 Å². The normalized spacial score (nSPS) is 21.5. The first-order valence-corrected chi connectivity index (χ1v) is 10.8. The number of imidazole rings is 1. The molecule has 6 N–H and O–H groups in total. The molecule has 0 aromatic carbocycles. The molecule has 0 unspecified atom stereocenters. The van der Waals surface area contributed by atoms with Crippen LogP contribution >= 0.6 is 0 Å². The van der Waals surface area contributed by atoms with Gasteiger partial charge in [-0.1, -0.05) is 0 Å². The molecule has 31 heavy (non-hydrogen) atoms. The Balaban J connectivity index is 1.45. The maximum atomic E-state index is 12.9. The molecule has 3 aromatic rings. The van der Waals surface area contributed by atoms with Gasteiger partial charge in [-0.25, -0.2) is 9.50 Å². The fraction of sp³-hybridized carbons (Fsp3) is 0.429. The lowest BCUT2D eigenvalue weighted by Crippen LogP contribution is -2.51. The molecule has 0 radical (unpaired) electrons. The molecule has 1 aliphatic heterocycles. The van der Waals surface area contributed by atoms with Gasteiger partial charge in [0, 0.05) is 49.3 Å². The van der Waals surface area contributed by atoms with E-state index in [-0.39, 0.29) is 11.9 Å². The number of fused-ring (bicyclic) bond motifs is 1. The van der Waals surface area contributed by atoms with Gasteiger partial charge in [0.15, 0.2) is 11.3 Å². The summed E-state index contributed by atoms with van der Waals surface area (Å²) in [6, 6.07) is 6.41. The smallest absolute Gasteiger partial charge is 0.276 e. The third-order valence-electron chi connectivity index (χ3n) is 5.90. The first kappa shape index (κ1) is 19.7. The molecule has 10 nitrogen and oxygen atoms in total. The summed E-state index contributed by atoms with van der Waals surface area (Å²) in [5.41, 5.74) is 8.58. The van der Waals surface area contributed by atoms with E-state index in [9.17, 15) is 4.79 Å². The first-order valence-electron chi connectivity index (χ1n) is 10.8. The monoisotopic (exact) mass is 421 g/mol. The van der Waals surface area contributed by atoms with Crippen molar-refractivity contribution in [2.75, 3.05) is 29.0 Å². The standard InChI is InChI=1S/C21H27N9O/c22-13-1-3-14(4-2-13)27-19-9-17(26-16-10-24-11-16)20-25-12-18(30(20)29-19)21(31)28-15-5-7-23-8-6-15/h5-9,12-14,16,24,26H,1-4,10-11,22H2,(H,27,29)(H,23,28,31). The molecule has 0 atom stereocenters. The van der Waals surface area contributed by atoms with Crippen LogP contribution in [0.25, 0.3) is 5.65 Å². The van der Waals surface area contributed by atoms with Crippen molar-refractivity contribution in [2.24, 2.45) is 5.73 Å². The van der Waals surface area contributed by atoms with E-state index in [1.54, 1.807) is 35.2 Å². The molecule has 10 heteroatoms. The van der Waals surface area contributed by atoms with Crippen LogP contribution in [0, 0.1) is 0 Å². The van der Waals surface area contributed by atoms with Crippen LogP contribution in [-0.2, 0) is 0 Å². The van der Waals surface area contributed by atoms with E-state index in [4.69, 9.17) is 10.8 Å². The van der Waals surface area contributed by atoms with Crippen LogP contribution in [0.1, 0.15) is 36.2 Å². The van der Waals surface area contributed by atoms with Gasteiger partial charge in [-0.05, 0) is 37.8 Å². The fourth-order valence-corrected chi connectivity index (χ4v) is 4.01. The number of nitrogens with one attached hydrogen (secondary N) is 4. The molecule has 3 aromatic heterocycles. The average molecular weight is 422 g/mol. The van der Waals surface area contributed by atoms with E-state index >= 15 is 0 Å². The fourth-order valence-electron chi connectivity index (χ4n) is 4.01. The molecule has 5 rings (SSSR count). The second-order valence-electron chi connectivity index (χ2n) is 8.27. The number of aromatic nitrogens is 4. The molecule has 4 heterocycles. The summed E-state index contributed by atoms with van der Waals surface area (Å²) in [6.45, 7) is 1.79. The Morgan fingerprint density at radius 1 is 1.10 bits per heavy atom. The van der Waals surface area contributed by atoms with Crippen molar-refractivity contribution in [3.05, 3.63) is 42.5 Å². The lowest BCUT2D eigenvalue weighted by Gasteiger charge is -2.30. The summed E-state index contributed by atoms with van der Waals surface area (Å²) in [6.07, 6.45) is 8.86. The van der Waals surface area contributed by atoms with Crippen molar-refractivity contribution in [3.63, 3.8) is 0 Å². The third kappa shape index (κ3) is 4.30. The zero-order chi connectivity index (χ0) is 21.2. The Bertz CT molecular complexity index is 1060. The van der Waals surface area contributed by atoms with Gasteiger partial charge in [0.05, 0.1) is 17.9 Å². The maximum absolute atomic E-state index is 12.9. The lowest BCUT2D eigenvalue weighted by atomic mass is 9.92. The van der Waals surface area contributed by atoms with Crippen LogP contribution in [0.2, 0.25) is 0 Å². The van der Waals surface area contributed by atoms with E-state index in [0.29, 0.717) is 29.1 Å². The highest BCUT2D eigenvalue weighted by atomic mass is 16.2. The predicted molar refractivity (Wildman–Crippen MR) is 119 cm³/mol. The second-order valence-corrected chi connectivity index (χ2v) is 8.27. The summed E-state index contributed by atoms with van der Waals surface area (Å²) < 4.78 is 1.61. The van der Waals surface area contributed by atoms with Crippen LogP contribution in [-0.4, -0.2) is 56.7 Å². The molecule has 0 bridgehead atoms. The minimum Gasteiger partial charge on any atom is -0.377 e. The number of nitrogens with zero attached hydrogens (tertiary/aromatic N) is 4. The van der Waals surface area contributed by atoms with Gasteiger partial charge >= 0.3 is 0 Å². The summed E-state index contributed by atoms with van der Waals surface area (Å²) in [5, 5.41) is 17.9. The van der Waals surface area contributed by atoms with Crippen LogP contribution in [0.4, 0.5) is 17.2 Å². The quantitative estimate of drug-likeness (QED) is 0.404. The molecule has 0 spiro atoms. The minimum absolute atomic E-state index is 0.275. The molecular formula is C21H27N9O. The van der Waals surface area contributed by atoms with Gasteiger partial charge in [-0.2, -0.15) is 0 Å². The van der Waals surface area contributed by atoms with Gasteiger partial charge in [-0.3, -0.25) is 9.78 Å². The van der Waals surface area contributed by atoms with Crippen molar-refractivity contribution < 1.29 is 4.79 Å². The van der Waals surface area contributed by atoms with Gasteiger partial charge in [0.1, 0.15) is 5.82 Å². The molecule has 2 aliphatic rings. The number of hydrogen-bond donors (Lipinski definition) is 5. The molecule has 1 saturated heterocycles. The van der Waals surface area contributed by atoms with Gasteiger partial charge in [0.2, 0.25) is 0 Å². The molecule has 2 fully saturated rings. The van der Waals surface area contributed by atoms with Crippen LogP contribution < -0.4 is 27.0 Å². The maximum Gasteiger partial charge on any atom is 0.276 e. The van der Waals surface area contributed by atoms with Crippen molar-refractivity contribution in [2.45, 2.75) is 43.8 Å². The number of nitrogens with two attached hydrogens (primary N) is 1. The van der Waals surface area contributed by atoms with Crippen molar-refractivity contribution in [3.8, 4) is 0 Å². The van der Waals surface area contributed by atoms with Crippen molar-refractivity contribution in [1.29, 1.82) is 0 Å². The lowest BCUT2D eigenvalue weighted by molar-refractivity contribution is 0.102. The van der Waals surface area contributed by atoms with Gasteiger partial charge in [-0.15, -0.1) is 5.10 Å². The van der Waals surface area contributed by atoms with E-state index in [2.05, 4.69) is 31.2 Å². The molecule has 1 saturated carbocycles. The zero-order valence-corrected chi connectivity index (χ0v) is 17.2. The van der Waals surface area contributed by atoms with Gasteiger partial charge in [0.25, 0.3) is 5.91 Å². The Labute approximate surface area is 180 Å². The second kappa shape index (κ2) is 8.48. The third-order valence-corrected chi connectivity index (χ3v) is 5.90. The van der Waals surface area contributed by atoms with Crippen molar-refractivity contribution in [1.82, 2.24) is 24.9 Å². The number of rotatable bonds is 6. The highest BCUT2D eigenvalue weighted by molar-refractivity contribution is 6.03. The van der Waals surface area contributed by atoms with Crippen LogP contribution in [0.5, 0.6) is 0 Å². The Morgan fingerprint density at radius 3 is 2.58 bits per heavy atom. The predicted octanol–water partition coefficient (Wildman–Crippen LogP) is 1.44. The Morgan fingerprint density at radius 2 is 1.87 bits per heavy atom. The topological polar surface area (TPSA) is 134 Å².